The van der Waals surface area contributed by atoms with Gasteiger partial charge in [-0.05, 0) is 18.6 Å². The first-order chi connectivity index (χ1) is 7.33. The van der Waals surface area contributed by atoms with Gasteiger partial charge in [0, 0.05) is 6.54 Å². The molecule has 0 radical (unpaired) electrons. The van der Waals surface area contributed by atoms with E-state index in [0.717, 1.165) is 12.8 Å². The summed E-state index contributed by atoms with van der Waals surface area (Å²) >= 11 is 0. The van der Waals surface area contributed by atoms with E-state index in [2.05, 4.69) is 17.2 Å². The SMILES string of the molecule is CCCCn1nnc2ccccc2c1=O. The van der Waals surface area contributed by atoms with Gasteiger partial charge in [-0.1, -0.05) is 30.7 Å². The highest BCUT2D eigenvalue weighted by atomic mass is 16.1. The molecule has 0 aliphatic carbocycles. The van der Waals surface area contributed by atoms with Crippen molar-refractivity contribution in [3.8, 4) is 0 Å². The Morgan fingerprint density at radius 2 is 2.13 bits per heavy atom. The molecule has 4 nitrogen and oxygen atoms in total. The van der Waals surface area contributed by atoms with Crippen LogP contribution in [0.25, 0.3) is 10.9 Å². The monoisotopic (exact) mass is 203 g/mol. The largest absolute Gasteiger partial charge is 0.277 e. The Morgan fingerprint density at radius 1 is 1.33 bits per heavy atom. The molecule has 0 fully saturated rings. The van der Waals surface area contributed by atoms with Gasteiger partial charge in [-0.25, -0.2) is 4.68 Å². The highest BCUT2D eigenvalue weighted by Crippen LogP contribution is 2.03. The number of aryl methyl sites for hydroxylation is 1. The maximum atomic E-state index is 11.9. The molecule has 0 amide bonds. The second-order valence-corrected chi connectivity index (χ2v) is 3.49. The van der Waals surface area contributed by atoms with Gasteiger partial charge in [-0.15, -0.1) is 5.10 Å². The van der Waals surface area contributed by atoms with Gasteiger partial charge in [0.15, 0.2) is 0 Å². The third-order valence-electron chi connectivity index (χ3n) is 2.35. The molecule has 0 unspecified atom stereocenters. The maximum Gasteiger partial charge on any atom is 0.277 e. The smallest absolute Gasteiger partial charge is 0.267 e. The molecule has 1 heterocycles. The molecule has 0 saturated carbocycles. The number of unbranched alkanes of at least 4 members (excludes halogenated alkanes) is 1. The fourth-order valence-electron chi connectivity index (χ4n) is 1.48. The molecular weight excluding hydrogens is 190 g/mol. The van der Waals surface area contributed by atoms with Crippen LogP contribution >= 0.6 is 0 Å². The summed E-state index contributed by atoms with van der Waals surface area (Å²) in [6.45, 7) is 2.73. The molecule has 1 aromatic heterocycles. The van der Waals surface area contributed by atoms with Crippen molar-refractivity contribution in [2.24, 2.45) is 0 Å². The lowest BCUT2D eigenvalue weighted by Gasteiger charge is -2.02. The fourth-order valence-corrected chi connectivity index (χ4v) is 1.48. The van der Waals surface area contributed by atoms with Crippen molar-refractivity contribution in [2.45, 2.75) is 26.3 Å². The van der Waals surface area contributed by atoms with Crippen LogP contribution in [0.1, 0.15) is 19.8 Å². The second-order valence-electron chi connectivity index (χ2n) is 3.49. The minimum absolute atomic E-state index is 0.0472. The normalized spacial score (nSPS) is 10.7. The number of nitrogens with zero attached hydrogens (tertiary/aromatic N) is 3. The summed E-state index contributed by atoms with van der Waals surface area (Å²) in [5, 5.41) is 8.55. The Kier molecular flexibility index (Phi) is 2.76. The molecule has 1 aromatic carbocycles. The zero-order valence-corrected chi connectivity index (χ0v) is 8.68. The van der Waals surface area contributed by atoms with Crippen molar-refractivity contribution in [1.82, 2.24) is 15.0 Å². The molecule has 0 aliphatic rings. The molecule has 0 N–H and O–H groups in total. The van der Waals surface area contributed by atoms with E-state index < -0.39 is 0 Å². The molecule has 78 valence electrons. The summed E-state index contributed by atoms with van der Waals surface area (Å²) in [7, 11) is 0. The van der Waals surface area contributed by atoms with Gasteiger partial charge >= 0.3 is 0 Å². The van der Waals surface area contributed by atoms with Crippen LogP contribution in [0, 0.1) is 0 Å². The number of hydrogen-bond acceptors (Lipinski definition) is 3. The summed E-state index contributed by atoms with van der Waals surface area (Å²) in [5.74, 6) is 0. The molecule has 0 bridgehead atoms. The zero-order valence-electron chi connectivity index (χ0n) is 8.68. The highest BCUT2D eigenvalue weighted by molar-refractivity contribution is 5.76. The third-order valence-corrected chi connectivity index (χ3v) is 2.35. The maximum absolute atomic E-state index is 11.9. The van der Waals surface area contributed by atoms with E-state index in [1.165, 1.54) is 4.68 Å². The molecule has 0 aliphatic heterocycles. The van der Waals surface area contributed by atoms with E-state index >= 15 is 0 Å². The summed E-state index contributed by atoms with van der Waals surface area (Å²) in [4.78, 5) is 11.9. The first kappa shape index (κ1) is 9.83. The van der Waals surface area contributed by atoms with Crippen LogP contribution in [0.15, 0.2) is 29.1 Å². The quantitative estimate of drug-likeness (QED) is 0.761. The fraction of sp³-hybridized carbons (Fsp3) is 0.364. The Bertz CT molecular complexity index is 518. The van der Waals surface area contributed by atoms with Gasteiger partial charge in [0.2, 0.25) is 0 Å². The molecular formula is C11H13N3O. The number of fused-ring (bicyclic) bond motifs is 1. The van der Waals surface area contributed by atoms with Crippen molar-refractivity contribution in [3.05, 3.63) is 34.6 Å². The average molecular weight is 203 g/mol. The molecule has 2 aromatic rings. The van der Waals surface area contributed by atoms with Crippen molar-refractivity contribution in [1.29, 1.82) is 0 Å². The van der Waals surface area contributed by atoms with Crippen LogP contribution in [-0.2, 0) is 6.54 Å². The Labute approximate surface area is 87.5 Å². The number of hydrogen-bond donors (Lipinski definition) is 0. The van der Waals surface area contributed by atoms with Crippen molar-refractivity contribution < 1.29 is 0 Å². The van der Waals surface area contributed by atoms with Crippen molar-refractivity contribution in [3.63, 3.8) is 0 Å². The molecule has 2 rings (SSSR count). The Morgan fingerprint density at radius 3 is 2.93 bits per heavy atom. The minimum Gasteiger partial charge on any atom is -0.267 e. The standard InChI is InChI=1S/C11H13N3O/c1-2-3-8-14-11(15)9-6-4-5-7-10(9)12-13-14/h4-7H,2-3,8H2,1H3. The molecule has 0 saturated heterocycles. The molecule has 0 atom stereocenters. The average Bonchev–Trinajstić information content (AvgIpc) is 2.29. The first-order valence-corrected chi connectivity index (χ1v) is 5.15. The van der Waals surface area contributed by atoms with Gasteiger partial charge in [-0.2, -0.15) is 0 Å². The van der Waals surface area contributed by atoms with Crippen molar-refractivity contribution >= 4 is 10.9 Å². The second kappa shape index (κ2) is 4.21. The highest BCUT2D eigenvalue weighted by Gasteiger charge is 2.03. The lowest BCUT2D eigenvalue weighted by Crippen LogP contribution is -2.24. The summed E-state index contributed by atoms with van der Waals surface area (Å²) in [6.07, 6.45) is 1.99. The lowest BCUT2D eigenvalue weighted by atomic mass is 10.2. The van der Waals surface area contributed by atoms with Crippen LogP contribution in [-0.4, -0.2) is 15.0 Å². The number of aromatic nitrogens is 3. The van der Waals surface area contributed by atoms with Gasteiger partial charge in [0.25, 0.3) is 5.56 Å². The predicted molar refractivity (Wildman–Crippen MR) is 58.7 cm³/mol. The third kappa shape index (κ3) is 1.88. The summed E-state index contributed by atoms with van der Waals surface area (Å²) < 4.78 is 1.44. The summed E-state index contributed by atoms with van der Waals surface area (Å²) in [6, 6.07) is 7.28. The van der Waals surface area contributed by atoms with E-state index in [-0.39, 0.29) is 5.56 Å². The van der Waals surface area contributed by atoms with E-state index in [0.29, 0.717) is 17.4 Å². The van der Waals surface area contributed by atoms with Gasteiger partial charge < -0.3 is 0 Å². The van der Waals surface area contributed by atoms with Crippen molar-refractivity contribution in [2.75, 3.05) is 0 Å². The first-order valence-electron chi connectivity index (χ1n) is 5.15. The van der Waals surface area contributed by atoms with Crippen LogP contribution in [0.3, 0.4) is 0 Å². The number of rotatable bonds is 3. The summed E-state index contributed by atoms with van der Waals surface area (Å²) in [5.41, 5.74) is 0.615. The Hall–Kier alpha value is -1.71. The van der Waals surface area contributed by atoms with Crippen LogP contribution in [0.5, 0.6) is 0 Å². The predicted octanol–water partition coefficient (Wildman–Crippen LogP) is 1.59. The van der Waals surface area contributed by atoms with E-state index in [1.807, 2.05) is 12.1 Å². The van der Waals surface area contributed by atoms with Gasteiger partial charge in [0.05, 0.1) is 5.39 Å². The molecule has 0 spiro atoms. The topological polar surface area (TPSA) is 47.8 Å². The van der Waals surface area contributed by atoms with E-state index in [9.17, 15) is 4.79 Å². The molecule has 15 heavy (non-hydrogen) atoms. The zero-order chi connectivity index (χ0) is 10.7. The Balaban J connectivity index is 2.51. The van der Waals surface area contributed by atoms with Crippen LogP contribution in [0.2, 0.25) is 0 Å². The van der Waals surface area contributed by atoms with Gasteiger partial charge in [0.1, 0.15) is 5.52 Å². The van der Waals surface area contributed by atoms with E-state index in [4.69, 9.17) is 0 Å². The van der Waals surface area contributed by atoms with Crippen LogP contribution in [0.4, 0.5) is 0 Å². The van der Waals surface area contributed by atoms with E-state index in [1.54, 1.807) is 12.1 Å². The molecule has 4 heteroatoms. The number of benzene rings is 1. The lowest BCUT2D eigenvalue weighted by molar-refractivity contribution is 0.520. The van der Waals surface area contributed by atoms with Crippen LogP contribution < -0.4 is 5.56 Å². The van der Waals surface area contributed by atoms with Gasteiger partial charge in [-0.3, -0.25) is 4.79 Å². The minimum atomic E-state index is -0.0472.